The fourth-order valence-corrected chi connectivity index (χ4v) is 6.30. The van der Waals surface area contributed by atoms with E-state index in [1.807, 2.05) is 0 Å². The molecule has 1 aromatic rings. The summed E-state index contributed by atoms with van der Waals surface area (Å²) < 4.78 is 5.10. The van der Waals surface area contributed by atoms with Crippen LogP contribution >= 0.6 is 11.6 Å². The van der Waals surface area contributed by atoms with Gasteiger partial charge in [0.2, 0.25) is 11.8 Å². The first kappa shape index (κ1) is 18.6. The van der Waals surface area contributed by atoms with E-state index in [-0.39, 0.29) is 23.8 Å². The summed E-state index contributed by atoms with van der Waals surface area (Å²) in [6.07, 6.45) is 8.27. The van der Waals surface area contributed by atoms with Crippen LogP contribution in [0.15, 0.2) is 18.2 Å². The Morgan fingerprint density at radius 2 is 1.74 bits per heavy atom. The maximum atomic E-state index is 12.5. The second-order valence-corrected chi connectivity index (χ2v) is 9.18. The summed E-state index contributed by atoms with van der Waals surface area (Å²) in [6, 6.07) is 5.05. The first-order chi connectivity index (χ1) is 12.9. The number of amides is 2. The lowest BCUT2D eigenvalue weighted by Gasteiger charge is -2.56. The van der Waals surface area contributed by atoms with E-state index in [9.17, 15) is 9.59 Å². The largest absolute Gasteiger partial charge is 0.495 e. The summed E-state index contributed by atoms with van der Waals surface area (Å²) in [5.41, 5.74) is 0.778. The Kier molecular flexibility index (Phi) is 5.06. The monoisotopic (exact) mass is 390 g/mol. The third-order valence-electron chi connectivity index (χ3n) is 6.58. The van der Waals surface area contributed by atoms with Crippen molar-refractivity contribution >= 4 is 29.1 Å². The lowest BCUT2D eigenvalue weighted by atomic mass is 9.49. The standard InChI is InChI=1S/C21H27ClN2O3/c1-27-18-3-2-16(7-17(18)22)24-20(26)12-23-19(25)11-21-8-13-4-14(9-21)6-15(5-13)10-21/h2-3,7,13-15H,4-6,8-12H2,1H3,(H,23,25)(H,24,26). The number of hydrogen-bond donors (Lipinski definition) is 2. The van der Waals surface area contributed by atoms with Crippen LogP contribution in [0.2, 0.25) is 5.02 Å². The van der Waals surface area contributed by atoms with Crippen LogP contribution in [0.4, 0.5) is 5.69 Å². The molecule has 5 nitrogen and oxygen atoms in total. The van der Waals surface area contributed by atoms with Crippen molar-refractivity contribution in [2.45, 2.75) is 44.9 Å². The van der Waals surface area contributed by atoms with Crippen LogP contribution in [-0.4, -0.2) is 25.5 Å². The van der Waals surface area contributed by atoms with Gasteiger partial charge in [-0.2, -0.15) is 0 Å². The number of halogens is 1. The summed E-state index contributed by atoms with van der Waals surface area (Å²) in [5.74, 6) is 2.78. The molecule has 27 heavy (non-hydrogen) atoms. The Bertz CT molecular complexity index is 714. The molecule has 4 aliphatic carbocycles. The summed E-state index contributed by atoms with van der Waals surface area (Å²) in [6.45, 7) is -0.0190. The van der Waals surface area contributed by atoms with Gasteiger partial charge in [-0.05, 0) is 79.9 Å². The number of ether oxygens (including phenoxy) is 1. The molecular weight excluding hydrogens is 364 g/mol. The molecule has 2 N–H and O–H groups in total. The predicted octanol–water partition coefficient (Wildman–Crippen LogP) is 4.01. The van der Waals surface area contributed by atoms with Gasteiger partial charge in [0.1, 0.15) is 5.75 Å². The van der Waals surface area contributed by atoms with Crippen LogP contribution < -0.4 is 15.4 Å². The molecule has 0 atom stereocenters. The highest BCUT2D eigenvalue weighted by Gasteiger charge is 2.51. The number of carbonyl (C=O) groups excluding carboxylic acids is 2. The second kappa shape index (κ2) is 7.34. The summed E-state index contributed by atoms with van der Waals surface area (Å²) in [5, 5.41) is 5.99. The average molecular weight is 391 g/mol. The Morgan fingerprint density at radius 1 is 1.11 bits per heavy atom. The van der Waals surface area contributed by atoms with Crippen molar-refractivity contribution in [1.29, 1.82) is 0 Å². The van der Waals surface area contributed by atoms with Gasteiger partial charge in [0, 0.05) is 12.1 Å². The Morgan fingerprint density at radius 3 is 2.30 bits per heavy atom. The molecule has 0 aromatic heterocycles. The molecule has 4 saturated carbocycles. The number of rotatable bonds is 6. The topological polar surface area (TPSA) is 67.4 Å². The van der Waals surface area contributed by atoms with Crippen LogP contribution in [0.5, 0.6) is 5.75 Å². The quantitative estimate of drug-likeness (QED) is 0.771. The molecule has 6 heteroatoms. The first-order valence-corrected chi connectivity index (χ1v) is 10.2. The van der Waals surface area contributed by atoms with Crippen molar-refractivity contribution in [1.82, 2.24) is 5.32 Å². The molecule has 1 aromatic carbocycles. The van der Waals surface area contributed by atoms with Gasteiger partial charge >= 0.3 is 0 Å². The number of methoxy groups -OCH3 is 1. The number of benzene rings is 1. The van der Waals surface area contributed by atoms with Crippen molar-refractivity contribution in [3.63, 3.8) is 0 Å². The van der Waals surface area contributed by atoms with Crippen LogP contribution in [0.1, 0.15) is 44.9 Å². The SMILES string of the molecule is COc1ccc(NC(=O)CNC(=O)CC23CC4CC(CC(C4)C2)C3)cc1Cl. The predicted molar refractivity (Wildman–Crippen MR) is 105 cm³/mol. The van der Waals surface area contributed by atoms with Crippen LogP contribution in [-0.2, 0) is 9.59 Å². The van der Waals surface area contributed by atoms with Crippen molar-refractivity contribution < 1.29 is 14.3 Å². The van der Waals surface area contributed by atoms with E-state index < -0.39 is 0 Å². The Balaban J connectivity index is 1.27. The zero-order valence-electron chi connectivity index (χ0n) is 15.7. The molecule has 4 fully saturated rings. The van der Waals surface area contributed by atoms with Crippen molar-refractivity contribution in [3.05, 3.63) is 23.2 Å². The van der Waals surface area contributed by atoms with Gasteiger partial charge in [-0.15, -0.1) is 0 Å². The van der Waals surface area contributed by atoms with E-state index in [1.165, 1.54) is 38.5 Å². The number of nitrogens with one attached hydrogen (secondary N) is 2. The van der Waals surface area contributed by atoms with E-state index in [2.05, 4.69) is 10.6 Å². The Hall–Kier alpha value is -1.75. The molecule has 0 aliphatic heterocycles. The summed E-state index contributed by atoms with van der Waals surface area (Å²) >= 11 is 6.07. The van der Waals surface area contributed by atoms with Gasteiger partial charge in [-0.3, -0.25) is 9.59 Å². The van der Waals surface area contributed by atoms with Gasteiger partial charge in [0.15, 0.2) is 0 Å². The van der Waals surface area contributed by atoms with Crippen molar-refractivity contribution in [3.8, 4) is 5.75 Å². The van der Waals surface area contributed by atoms with Crippen LogP contribution in [0.3, 0.4) is 0 Å². The minimum Gasteiger partial charge on any atom is -0.495 e. The zero-order chi connectivity index (χ0) is 19.0. The highest BCUT2D eigenvalue weighted by molar-refractivity contribution is 6.32. The van der Waals surface area contributed by atoms with Crippen LogP contribution in [0, 0.1) is 23.2 Å². The first-order valence-electron chi connectivity index (χ1n) is 9.85. The fraction of sp³-hybridized carbons (Fsp3) is 0.619. The van der Waals surface area contributed by atoms with Gasteiger partial charge in [0.25, 0.3) is 0 Å². The van der Waals surface area contributed by atoms with Gasteiger partial charge in [-0.25, -0.2) is 0 Å². The van der Waals surface area contributed by atoms with E-state index in [0.29, 0.717) is 22.9 Å². The highest BCUT2D eigenvalue weighted by Crippen LogP contribution is 2.61. The number of anilines is 1. The van der Waals surface area contributed by atoms with Crippen molar-refractivity contribution in [2.75, 3.05) is 19.0 Å². The summed E-state index contributed by atoms with van der Waals surface area (Å²) in [7, 11) is 1.54. The molecule has 4 aliphatic rings. The van der Waals surface area contributed by atoms with E-state index in [0.717, 1.165) is 17.8 Å². The maximum absolute atomic E-state index is 12.5. The second-order valence-electron chi connectivity index (χ2n) is 8.77. The molecule has 5 rings (SSSR count). The fourth-order valence-electron chi connectivity index (χ4n) is 6.04. The number of hydrogen-bond acceptors (Lipinski definition) is 3. The smallest absolute Gasteiger partial charge is 0.243 e. The summed E-state index contributed by atoms with van der Waals surface area (Å²) in [4.78, 5) is 24.6. The van der Waals surface area contributed by atoms with Gasteiger partial charge in [0.05, 0.1) is 18.7 Å². The third-order valence-corrected chi connectivity index (χ3v) is 6.88. The molecule has 0 heterocycles. The molecule has 4 bridgehead atoms. The minimum absolute atomic E-state index is 0.000127. The van der Waals surface area contributed by atoms with Gasteiger partial charge in [-0.1, -0.05) is 11.6 Å². The zero-order valence-corrected chi connectivity index (χ0v) is 16.5. The van der Waals surface area contributed by atoms with Gasteiger partial charge < -0.3 is 15.4 Å². The molecule has 0 saturated heterocycles. The Labute approximate surface area is 165 Å². The molecule has 0 unspecified atom stereocenters. The van der Waals surface area contributed by atoms with E-state index >= 15 is 0 Å². The normalized spacial score (nSPS) is 30.8. The minimum atomic E-state index is -0.255. The highest BCUT2D eigenvalue weighted by atomic mass is 35.5. The lowest BCUT2D eigenvalue weighted by molar-refractivity contribution is -0.131. The number of carbonyl (C=O) groups is 2. The third kappa shape index (κ3) is 4.08. The molecule has 146 valence electrons. The van der Waals surface area contributed by atoms with Crippen molar-refractivity contribution in [2.24, 2.45) is 23.2 Å². The molecule has 0 radical (unpaired) electrons. The van der Waals surface area contributed by atoms with E-state index in [4.69, 9.17) is 16.3 Å². The molecular formula is C21H27ClN2O3. The average Bonchev–Trinajstić information content (AvgIpc) is 2.58. The van der Waals surface area contributed by atoms with E-state index in [1.54, 1.807) is 25.3 Å². The maximum Gasteiger partial charge on any atom is 0.243 e. The lowest BCUT2D eigenvalue weighted by Crippen LogP contribution is -2.48. The molecule has 2 amide bonds. The van der Waals surface area contributed by atoms with Crippen LogP contribution in [0.25, 0.3) is 0 Å². The molecule has 0 spiro atoms.